The molecule has 0 radical (unpaired) electrons. The molecule has 1 aromatic heterocycles. The van der Waals surface area contributed by atoms with E-state index in [2.05, 4.69) is 15.5 Å². The predicted octanol–water partition coefficient (Wildman–Crippen LogP) is 0.563. The number of aromatic nitrogens is 3. The Hall–Kier alpha value is -2.22. The van der Waals surface area contributed by atoms with Gasteiger partial charge in [0.15, 0.2) is 5.82 Å². The number of benzene rings is 1. The van der Waals surface area contributed by atoms with Crippen LogP contribution in [0.1, 0.15) is 0 Å². The summed E-state index contributed by atoms with van der Waals surface area (Å²) in [5.74, 6) is 6.75. The molecule has 0 fully saturated rings. The summed E-state index contributed by atoms with van der Waals surface area (Å²) in [6.07, 6.45) is 0. The van der Waals surface area contributed by atoms with Gasteiger partial charge in [0.1, 0.15) is 0 Å². The number of nitrogen functional groups attached to an aromatic ring is 1. The van der Waals surface area contributed by atoms with Crippen LogP contribution < -0.4 is 16.1 Å². The van der Waals surface area contributed by atoms with E-state index in [0.29, 0.717) is 11.0 Å². The third-order valence-corrected chi connectivity index (χ3v) is 3.84. The quantitative estimate of drug-likeness (QED) is 0.620. The summed E-state index contributed by atoms with van der Waals surface area (Å²) in [7, 11) is 5.53. The van der Waals surface area contributed by atoms with Gasteiger partial charge in [0.05, 0.1) is 5.75 Å². The average molecular weight is 306 g/mol. The summed E-state index contributed by atoms with van der Waals surface area (Å²) < 4.78 is 1.41. The van der Waals surface area contributed by atoms with E-state index < -0.39 is 0 Å². The summed E-state index contributed by atoms with van der Waals surface area (Å²) in [6.45, 7) is 0. The molecule has 0 aliphatic carbocycles. The molecule has 0 unspecified atom stereocenters. The van der Waals surface area contributed by atoms with E-state index in [0.717, 1.165) is 11.3 Å². The number of nitrogens with zero attached hydrogens (tertiary/aromatic N) is 4. The molecule has 0 spiro atoms. The van der Waals surface area contributed by atoms with E-state index in [9.17, 15) is 4.79 Å². The van der Waals surface area contributed by atoms with Gasteiger partial charge in [-0.1, -0.05) is 23.9 Å². The van der Waals surface area contributed by atoms with E-state index in [1.165, 1.54) is 16.4 Å². The summed E-state index contributed by atoms with van der Waals surface area (Å²) in [5, 5.41) is 11.2. The molecule has 2 aromatic rings. The molecule has 0 saturated carbocycles. The zero-order chi connectivity index (χ0) is 15.4. The Kier molecular flexibility index (Phi) is 4.69. The number of hydrogen-bond donors (Lipinski definition) is 2. The average Bonchev–Trinajstić information content (AvgIpc) is 2.86. The first kappa shape index (κ1) is 15.2. The van der Waals surface area contributed by atoms with Crippen LogP contribution in [0.15, 0.2) is 29.4 Å². The lowest BCUT2D eigenvalue weighted by atomic mass is 10.2. The Morgan fingerprint density at radius 2 is 2.19 bits per heavy atom. The van der Waals surface area contributed by atoms with Gasteiger partial charge in [-0.25, -0.2) is 4.68 Å². The molecule has 7 nitrogen and oxygen atoms in total. The zero-order valence-corrected chi connectivity index (χ0v) is 13.0. The molecule has 3 N–H and O–H groups in total. The smallest absolute Gasteiger partial charge is 0.230 e. The van der Waals surface area contributed by atoms with Crippen molar-refractivity contribution in [3.05, 3.63) is 24.3 Å². The summed E-state index contributed by atoms with van der Waals surface area (Å²) in [5.41, 5.74) is 1.93. The predicted molar refractivity (Wildman–Crippen MR) is 84.7 cm³/mol. The number of rotatable bonds is 5. The number of amides is 1. The number of carbonyl (C=O) groups is 1. The van der Waals surface area contributed by atoms with Crippen LogP contribution in [-0.2, 0) is 4.79 Å². The topological polar surface area (TPSA) is 89.1 Å². The van der Waals surface area contributed by atoms with Gasteiger partial charge in [0.25, 0.3) is 0 Å². The molecule has 1 heterocycles. The Morgan fingerprint density at radius 3 is 2.86 bits per heavy atom. The van der Waals surface area contributed by atoms with Crippen LogP contribution in [0.3, 0.4) is 0 Å². The van der Waals surface area contributed by atoms with E-state index in [1.807, 2.05) is 43.3 Å². The minimum atomic E-state index is -0.0841. The van der Waals surface area contributed by atoms with Gasteiger partial charge >= 0.3 is 0 Å². The van der Waals surface area contributed by atoms with Crippen LogP contribution >= 0.6 is 11.8 Å². The van der Waals surface area contributed by atoms with Gasteiger partial charge in [-0.3, -0.25) is 4.79 Å². The first-order chi connectivity index (χ1) is 10.0. The maximum absolute atomic E-state index is 11.3. The SMILES string of the molecule is CNC(=O)CSc1nnc(-c2cccc(N(C)C)c2)n1N. The number of nitrogens with two attached hydrogens (primary N) is 1. The molecule has 2 rings (SSSR count). The van der Waals surface area contributed by atoms with Gasteiger partial charge in [0, 0.05) is 32.4 Å². The van der Waals surface area contributed by atoms with E-state index in [4.69, 9.17) is 5.84 Å². The molecule has 0 aliphatic rings. The largest absolute Gasteiger partial charge is 0.378 e. The van der Waals surface area contributed by atoms with Crippen molar-refractivity contribution >= 4 is 23.4 Å². The normalized spacial score (nSPS) is 10.4. The maximum Gasteiger partial charge on any atom is 0.230 e. The Morgan fingerprint density at radius 1 is 1.43 bits per heavy atom. The fraction of sp³-hybridized carbons (Fsp3) is 0.308. The van der Waals surface area contributed by atoms with Crippen LogP contribution in [0.4, 0.5) is 5.69 Å². The second-order valence-corrected chi connectivity index (χ2v) is 5.53. The minimum Gasteiger partial charge on any atom is -0.378 e. The summed E-state index contributed by atoms with van der Waals surface area (Å²) in [6, 6.07) is 7.85. The van der Waals surface area contributed by atoms with Crippen LogP contribution in [0.5, 0.6) is 0 Å². The van der Waals surface area contributed by atoms with Crippen LogP contribution in [0.2, 0.25) is 0 Å². The first-order valence-electron chi connectivity index (χ1n) is 6.34. The number of hydrogen-bond acceptors (Lipinski definition) is 6. The molecule has 21 heavy (non-hydrogen) atoms. The van der Waals surface area contributed by atoms with Gasteiger partial charge in [-0.05, 0) is 12.1 Å². The molecule has 1 aromatic carbocycles. The third-order valence-electron chi connectivity index (χ3n) is 2.90. The lowest BCUT2D eigenvalue weighted by molar-refractivity contribution is -0.118. The van der Waals surface area contributed by atoms with E-state index >= 15 is 0 Å². The Bertz CT molecular complexity index is 639. The van der Waals surface area contributed by atoms with E-state index in [1.54, 1.807) is 7.05 Å². The molecule has 1 amide bonds. The third kappa shape index (κ3) is 3.46. The molecular weight excluding hydrogens is 288 g/mol. The van der Waals surface area contributed by atoms with Crippen molar-refractivity contribution < 1.29 is 4.79 Å². The standard InChI is InChI=1S/C13H18N6OS/c1-15-11(20)8-21-13-17-16-12(19(13)14)9-5-4-6-10(7-9)18(2)3/h4-7H,8,14H2,1-3H3,(H,15,20). The van der Waals surface area contributed by atoms with Crippen molar-refractivity contribution in [1.29, 1.82) is 0 Å². The molecule has 8 heteroatoms. The van der Waals surface area contributed by atoms with Crippen molar-refractivity contribution in [2.24, 2.45) is 0 Å². The highest BCUT2D eigenvalue weighted by Crippen LogP contribution is 2.24. The van der Waals surface area contributed by atoms with Gasteiger partial charge in [-0.2, -0.15) is 0 Å². The second kappa shape index (κ2) is 6.49. The van der Waals surface area contributed by atoms with Gasteiger partial charge in [0.2, 0.25) is 11.1 Å². The summed E-state index contributed by atoms with van der Waals surface area (Å²) >= 11 is 1.25. The summed E-state index contributed by atoms with van der Waals surface area (Å²) in [4.78, 5) is 13.3. The Balaban J connectivity index is 2.23. The second-order valence-electron chi connectivity index (χ2n) is 4.58. The molecular formula is C13H18N6OS. The highest BCUT2D eigenvalue weighted by molar-refractivity contribution is 7.99. The molecule has 112 valence electrons. The lowest BCUT2D eigenvalue weighted by Gasteiger charge is -2.13. The van der Waals surface area contributed by atoms with Crippen LogP contribution in [-0.4, -0.2) is 47.7 Å². The number of carbonyl (C=O) groups excluding carboxylic acids is 1. The highest BCUT2D eigenvalue weighted by atomic mass is 32.2. The van der Waals surface area contributed by atoms with Crippen LogP contribution in [0, 0.1) is 0 Å². The number of nitrogens with one attached hydrogen (secondary N) is 1. The molecule has 0 bridgehead atoms. The first-order valence-corrected chi connectivity index (χ1v) is 7.33. The highest BCUT2D eigenvalue weighted by Gasteiger charge is 2.13. The number of anilines is 1. The van der Waals surface area contributed by atoms with Crippen molar-refractivity contribution in [2.75, 3.05) is 37.6 Å². The van der Waals surface area contributed by atoms with Crippen molar-refractivity contribution in [3.63, 3.8) is 0 Å². The molecule has 0 aliphatic heterocycles. The number of thioether (sulfide) groups is 1. The molecule has 0 atom stereocenters. The van der Waals surface area contributed by atoms with Crippen LogP contribution in [0.25, 0.3) is 11.4 Å². The fourth-order valence-corrected chi connectivity index (χ4v) is 2.43. The minimum absolute atomic E-state index is 0.0841. The monoisotopic (exact) mass is 306 g/mol. The maximum atomic E-state index is 11.3. The van der Waals surface area contributed by atoms with E-state index in [-0.39, 0.29) is 11.7 Å². The van der Waals surface area contributed by atoms with Crippen molar-refractivity contribution in [3.8, 4) is 11.4 Å². The molecule has 0 saturated heterocycles. The van der Waals surface area contributed by atoms with Gasteiger partial charge in [-0.15, -0.1) is 10.2 Å². The zero-order valence-electron chi connectivity index (χ0n) is 12.2. The van der Waals surface area contributed by atoms with Gasteiger partial charge < -0.3 is 16.1 Å². The van der Waals surface area contributed by atoms with Crippen molar-refractivity contribution in [2.45, 2.75) is 5.16 Å². The Labute approximate surface area is 127 Å². The van der Waals surface area contributed by atoms with Crippen molar-refractivity contribution in [1.82, 2.24) is 20.2 Å². The lowest BCUT2D eigenvalue weighted by Crippen LogP contribution is -2.20. The fourth-order valence-electron chi connectivity index (χ4n) is 1.70.